The molecule has 0 radical (unpaired) electrons. The number of fused-ring (bicyclic) bond motifs is 3. The van der Waals surface area contributed by atoms with Crippen molar-refractivity contribution in [2.24, 2.45) is 0 Å². The summed E-state index contributed by atoms with van der Waals surface area (Å²) in [5, 5.41) is 17.2. The van der Waals surface area contributed by atoms with Crippen LogP contribution in [0, 0.1) is 0 Å². The predicted octanol–water partition coefficient (Wildman–Crippen LogP) is 3.49. The number of halogens is 2. The number of rotatable bonds is 6. The van der Waals surface area contributed by atoms with Gasteiger partial charge >= 0.3 is 0 Å². The van der Waals surface area contributed by atoms with Gasteiger partial charge in [0.05, 0.1) is 32.2 Å². The van der Waals surface area contributed by atoms with Gasteiger partial charge in [-0.05, 0) is 35.9 Å². The summed E-state index contributed by atoms with van der Waals surface area (Å²) >= 11 is 12.4. The van der Waals surface area contributed by atoms with Crippen LogP contribution in [0.4, 0.5) is 0 Å². The van der Waals surface area contributed by atoms with Crippen molar-refractivity contribution in [3.05, 3.63) is 57.2 Å². The molecule has 1 amide bonds. The lowest BCUT2D eigenvalue weighted by molar-refractivity contribution is 0.0938. The fourth-order valence-corrected chi connectivity index (χ4v) is 4.17. The number of methoxy groups -OCH3 is 2. The Hall–Kier alpha value is -2.74. The summed E-state index contributed by atoms with van der Waals surface area (Å²) in [7, 11) is 3.15. The first-order chi connectivity index (χ1) is 14.5. The van der Waals surface area contributed by atoms with Crippen LogP contribution in [0.1, 0.15) is 21.6 Å². The Morgan fingerprint density at radius 2 is 1.80 bits per heavy atom. The van der Waals surface area contributed by atoms with Gasteiger partial charge in [0.15, 0.2) is 17.2 Å². The Morgan fingerprint density at radius 1 is 1.13 bits per heavy atom. The van der Waals surface area contributed by atoms with Gasteiger partial charge in [0.2, 0.25) is 0 Å². The molecule has 0 saturated carbocycles. The number of ether oxygens (including phenoxy) is 2. The molecule has 0 unspecified atom stereocenters. The molecule has 0 spiro atoms. The third-order valence-electron chi connectivity index (χ3n) is 4.92. The molecule has 0 atom stereocenters. The van der Waals surface area contributed by atoms with E-state index in [0.717, 1.165) is 22.4 Å². The molecule has 0 fully saturated rings. The van der Waals surface area contributed by atoms with Crippen LogP contribution in [0.5, 0.6) is 11.5 Å². The first kappa shape index (κ1) is 20.5. The third-order valence-corrected chi connectivity index (χ3v) is 5.36. The molecule has 0 saturated heterocycles. The summed E-state index contributed by atoms with van der Waals surface area (Å²) in [5.41, 5.74) is 4.31. The third kappa shape index (κ3) is 3.49. The number of nitrogens with one attached hydrogen (secondary N) is 1. The first-order valence-electron chi connectivity index (χ1n) is 9.19. The summed E-state index contributed by atoms with van der Waals surface area (Å²) in [6.07, 6.45) is 0.501. The number of benzene rings is 2. The highest BCUT2D eigenvalue weighted by molar-refractivity contribution is 6.34. The van der Waals surface area contributed by atoms with E-state index < -0.39 is 0 Å². The minimum absolute atomic E-state index is 0.137. The fraction of sp³-hybridized carbons (Fsp3) is 0.238. The molecule has 0 aliphatic heterocycles. The van der Waals surface area contributed by atoms with Gasteiger partial charge < -0.3 is 19.9 Å². The summed E-state index contributed by atoms with van der Waals surface area (Å²) in [5.74, 6) is 0.823. The zero-order valence-corrected chi connectivity index (χ0v) is 17.8. The van der Waals surface area contributed by atoms with Crippen molar-refractivity contribution in [1.29, 1.82) is 0 Å². The smallest absolute Gasteiger partial charge is 0.272 e. The Morgan fingerprint density at radius 3 is 2.43 bits per heavy atom. The van der Waals surface area contributed by atoms with Gasteiger partial charge in [-0.25, -0.2) is 4.68 Å². The SMILES string of the molecule is COc1cc2c(cc1OC)-c1c(c(C(=O)NCCO)nn1-c1cc(Cl)cc(Cl)c1)C2. The van der Waals surface area contributed by atoms with Gasteiger partial charge in [-0.2, -0.15) is 5.10 Å². The molecule has 156 valence electrons. The zero-order valence-electron chi connectivity index (χ0n) is 16.3. The summed E-state index contributed by atoms with van der Waals surface area (Å²) in [6.45, 7) is -0.0226. The van der Waals surface area contributed by atoms with Gasteiger partial charge in [0.25, 0.3) is 5.91 Å². The Bertz CT molecular complexity index is 1120. The molecule has 1 aliphatic rings. The highest BCUT2D eigenvalue weighted by atomic mass is 35.5. The number of aliphatic hydroxyl groups excluding tert-OH is 1. The zero-order chi connectivity index (χ0) is 21.4. The molecule has 1 aliphatic carbocycles. The summed E-state index contributed by atoms with van der Waals surface area (Å²) < 4.78 is 12.6. The van der Waals surface area contributed by atoms with Gasteiger partial charge in [-0.1, -0.05) is 23.2 Å². The molecule has 1 aromatic heterocycles. The number of nitrogens with zero attached hydrogens (tertiary/aromatic N) is 2. The lowest BCUT2D eigenvalue weighted by Crippen LogP contribution is -2.27. The summed E-state index contributed by atoms with van der Waals surface area (Å²) in [4.78, 5) is 12.7. The van der Waals surface area contributed by atoms with Crippen molar-refractivity contribution >= 4 is 29.1 Å². The van der Waals surface area contributed by atoms with Gasteiger partial charge in [0.1, 0.15) is 0 Å². The number of hydrogen-bond donors (Lipinski definition) is 2. The minimum Gasteiger partial charge on any atom is -0.493 e. The lowest BCUT2D eigenvalue weighted by Gasteiger charge is -2.12. The molecule has 0 bridgehead atoms. The molecule has 1 heterocycles. The molecular formula is C21H19Cl2N3O4. The maximum absolute atomic E-state index is 12.7. The van der Waals surface area contributed by atoms with E-state index in [-0.39, 0.29) is 24.8 Å². The fourth-order valence-electron chi connectivity index (χ4n) is 3.66. The first-order valence-corrected chi connectivity index (χ1v) is 9.95. The summed E-state index contributed by atoms with van der Waals surface area (Å²) in [6, 6.07) is 8.87. The number of carbonyl (C=O) groups excluding carboxylic acids is 1. The van der Waals surface area contributed by atoms with Crippen LogP contribution in [0.15, 0.2) is 30.3 Å². The lowest BCUT2D eigenvalue weighted by atomic mass is 10.1. The van der Waals surface area contributed by atoms with Crippen molar-refractivity contribution < 1.29 is 19.4 Å². The molecule has 3 aromatic rings. The predicted molar refractivity (Wildman–Crippen MR) is 114 cm³/mol. The second-order valence-electron chi connectivity index (χ2n) is 6.74. The van der Waals surface area contributed by atoms with E-state index in [1.54, 1.807) is 37.1 Å². The maximum atomic E-state index is 12.7. The van der Waals surface area contributed by atoms with Crippen molar-refractivity contribution in [3.63, 3.8) is 0 Å². The van der Waals surface area contributed by atoms with E-state index in [4.69, 9.17) is 37.8 Å². The number of carbonyl (C=O) groups is 1. The Balaban J connectivity index is 1.94. The highest BCUT2D eigenvalue weighted by Crippen LogP contribution is 2.45. The average Bonchev–Trinajstić information content (AvgIpc) is 3.27. The van der Waals surface area contributed by atoms with Crippen LogP contribution in [0.3, 0.4) is 0 Å². The van der Waals surface area contributed by atoms with Crippen LogP contribution in [0.2, 0.25) is 10.0 Å². The normalized spacial score (nSPS) is 11.8. The molecular weight excluding hydrogens is 429 g/mol. The molecule has 30 heavy (non-hydrogen) atoms. The van der Waals surface area contributed by atoms with Crippen LogP contribution in [0.25, 0.3) is 16.9 Å². The van der Waals surface area contributed by atoms with Crippen molar-refractivity contribution in [2.75, 3.05) is 27.4 Å². The topological polar surface area (TPSA) is 85.6 Å². The molecule has 9 heteroatoms. The maximum Gasteiger partial charge on any atom is 0.272 e. The highest BCUT2D eigenvalue weighted by Gasteiger charge is 2.32. The van der Waals surface area contributed by atoms with E-state index in [1.165, 1.54) is 0 Å². The van der Waals surface area contributed by atoms with Crippen LogP contribution >= 0.6 is 23.2 Å². The number of amides is 1. The largest absolute Gasteiger partial charge is 0.493 e. The van der Waals surface area contributed by atoms with E-state index in [2.05, 4.69) is 10.4 Å². The Kier molecular flexibility index (Phi) is 5.60. The molecule has 4 rings (SSSR count). The van der Waals surface area contributed by atoms with Crippen molar-refractivity contribution in [3.8, 4) is 28.4 Å². The standard InChI is InChI=1S/C21H19Cl2N3O4/c1-29-17-6-11-5-16-19(21(28)24-3-4-27)25-26(14-8-12(22)7-13(23)9-14)20(16)15(11)10-18(17)30-2/h6-10,27H,3-5H2,1-2H3,(H,24,28). The van der Waals surface area contributed by atoms with E-state index in [1.807, 2.05) is 12.1 Å². The van der Waals surface area contributed by atoms with Gasteiger partial charge in [-0.15, -0.1) is 0 Å². The van der Waals surface area contributed by atoms with Crippen LogP contribution in [-0.4, -0.2) is 48.2 Å². The molecule has 2 N–H and O–H groups in total. The minimum atomic E-state index is -0.362. The van der Waals surface area contributed by atoms with E-state index in [9.17, 15) is 4.79 Å². The molecule has 7 nitrogen and oxygen atoms in total. The van der Waals surface area contributed by atoms with E-state index in [0.29, 0.717) is 33.7 Å². The second kappa shape index (κ2) is 8.18. The molecule has 2 aromatic carbocycles. The average molecular weight is 448 g/mol. The van der Waals surface area contributed by atoms with Crippen molar-refractivity contribution in [1.82, 2.24) is 15.1 Å². The van der Waals surface area contributed by atoms with Crippen LogP contribution < -0.4 is 14.8 Å². The Labute approximate surface area is 183 Å². The monoisotopic (exact) mass is 447 g/mol. The van der Waals surface area contributed by atoms with Crippen molar-refractivity contribution in [2.45, 2.75) is 6.42 Å². The van der Waals surface area contributed by atoms with Crippen LogP contribution in [-0.2, 0) is 6.42 Å². The van der Waals surface area contributed by atoms with Gasteiger partial charge in [0, 0.05) is 34.1 Å². The van der Waals surface area contributed by atoms with Gasteiger partial charge in [-0.3, -0.25) is 4.79 Å². The number of aromatic nitrogens is 2. The number of aliphatic hydroxyl groups is 1. The number of hydrogen-bond acceptors (Lipinski definition) is 5. The quantitative estimate of drug-likeness (QED) is 0.472. The van der Waals surface area contributed by atoms with E-state index >= 15 is 0 Å². The second-order valence-corrected chi connectivity index (χ2v) is 7.61.